The van der Waals surface area contributed by atoms with Gasteiger partial charge in [-0.25, -0.2) is 0 Å². The number of unbranched alkanes of at least 4 members (excludes halogenated alkanes) is 1. The van der Waals surface area contributed by atoms with Crippen LogP contribution in [0.2, 0.25) is 0 Å². The first-order valence-corrected chi connectivity index (χ1v) is 6.33. The summed E-state index contributed by atoms with van der Waals surface area (Å²) in [6.07, 6.45) is -4.74. The Labute approximate surface area is 113 Å². The molecule has 0 spiro atoms. The highest BCUT2D eigenvalue weighted by Crippen LogP contribution is 2.22. The molecule has 1 aromatic heterocycles. The van der Waals surface area contributed by atoms with E-state index < -0.39 is 12.6 Å². The van der Waals surface area contributed by atoms with E-state index in [0.29, 0.717) is 5.39 Å². The Bertz CT molecular complexity index is 661. The minimum absolute atomic E-state index is 0.0117. The van der Waals surface area contributed by atoms with Crippen molar-refractivity contribution < 1.29 is 13.2 Å². The van der Waals surface area contributed by atoms with Crippen LogP contribution < -0.4 is 11.3 Å². The molecule has 0 radical (unpaired) electrons. The molecule has 0 amide bonds. The maximum Gasteiger partial charge on any atom is 0.389 e. The summed E-state index contributed by atoms with van der Waals surface area (Å²) in [5.41, 5.74) is 5.54. The number of hydrogen-bond acceptors (Lipinski definition) is 2. The Balaban J connectivity index is 2.16. The van der Waals surface area contributed by atoms with Gasteiger partial charge in [0.15, 0.2) is 0 Å². The second kappa shape index (κ2) is 5.56. The smallest absolute Gasteiger partial charge is 0.385 e. The lowest BCUT2D eigenvalue weighted by atomic mass is 10.1. The Kier molecular flexibility index (Phi) is 4.01. The summed E-state index contributed by atoms with van der Waals surface area (Å²) < 4.78 is 37.5. The Morgan fingerprint density at radius 1 is 1.15 bits per heavy atom. The molecule has 1 heterocycles. The predicted octanol–water partition coefficient (Wildman–Crippen LogP) is 3.32. The van der Waals surface area contributed by atoms with E-state index in [9.17, 15) is 18.0 Å². The molecule has 0 atom stereocenters. The molecular weight excluding hydrogens is 269 g/mol. The number of aromatic nitrogens is 1. The zero-order chi connectivity index (χ0) is 14.8. The summed E-state index contributed by atoms with van der Waals surface area (Å²) in [4.78, 5) is 12.2. The number of rotatable bonds is 4. The molecule has 6 heteroatoms. The molecule has 2 aromatic rings. The van der Waals surface area contributed by atoms with Crippen molar-refractivity contribution in [2.24, 2.45) is 0 Å². The van der Waals surface area contributed by atoms with Crippen LogP contribution in [-0.4, -0.2) is 10.7 Å². The van der Waals surface area contributed by atoms with Crippen LogP contribution in [0.3, 0.4) is 0 Å². The number of benzene rings is 1. The highest BCUT2D eigenvalue weighted by atomic mass is 19.4. The van der Waals surface area contributed by atoms with E-state index in [2.05, 4.69) is 0 Å². The lowest BCUT2D eigenvalue weighted by Gasteiger charge is -2.11. The van der Waals surface area contributed by atoms with Gasteiger partial charge in [-0.1, -0.05) is 18.2 Å². The van der Waals surface area contributed by atoms with E-state index in [0.717, 1.165) is 5.39 Å². The normalized spacial score (nSPS) is 11.9. The fraction of sp³-hybridized carbons (Fsp3) is 0.357. The highest BCUT2D eigenvalue weighted by Gasteiger charge is 2.25. The summed E-state index contributed by atoms with van der Waals surface area (Å²) in [5.74, 6) is 0.278. The summed E-state index contributed by atoms with van der Waals surface area (Å²) in [6.45, 7) is 0.200. The van der Waals surface area contributed by atoms with Gasteiger partial charge in [-0.2, -0.15) is 13.2 Å². The van der Waals surface area contributed by atoms with Crippen LogP contribution in [0.15, 0.2) is 35.1 Å². The average molecular weight is 284 g/mol. The quantitative estimate of drug-likeness (QED) is 0.875. The summed E-state index contributed by atoms with van der Waals surface area (Å²) in [6, 6.07) is 8.67. The molecular formula is C14H15F3N2O. The fourth-order valence-corrected chi connectivity index (χ4v) is 2.14. The van der Waals surface area contributed by atoms with Crippen molar-refractivity contribution in [1.29, 1.82) is 0 Å². The number of anilines is 1. The van der Waals surface area contributed by atoms with E-state index in [1.165, 1.54) is 4.57 Å². The zero-order valence-electron chi connectivity index (χ0n) is 10.8. The number of fused-ring (bicyclic) bond motifs is 1. The monoisotopic (exact) mass is 284 g/mol. The Hall–Kier alpha value is -1.98. The second-order valence-corrected chi connectivity index (χ2v) is 4.69. The van der Waals surface area contributed by atoms with Crippen LogP contribution in [0.1, 0.15) is 19.3 Å². The molecule has 1 aromatic carbocycles. The van der Waals surface area contributed by atoms with Crippen molar-refractivity contribution in [3.63, 3.8) is 0 Å². The molecule has 0 unspecified atom stereocenters. The second-order valence-electron chi connectivity index (χ2n) is 4.69. The number of halogens is 3. The molecule has 0 aliphatic carbocycles. The van der Waals surface area contributed by atoms with Crippen LogP contribution >= 0.6 is 0 Å². The first kappa shape index (κ1) is 14.4. The van der Waals surface area contributed by atoms with Crippen LogP contribution in [0, 0.1) is 0 Å². The molecule has 0 fully saturated rings. The third-order valence-corrected chi connectivity index (χ3v) is 3.14. The van der Waals surface area contributed by atoms with Crippen molar-refractivity contribution in [3.05, 3.63) is 40.7 Å². The fourth-order valence-electron chi connectivity index (χ4n) is 2.14. The predicted molar refractivity (Wildman–Crippen MR) is 72.5 cm³/mol. The molecule has 0 bridgehead atoms. The maximum absolute atomic E-state index is 12.2. The number of hydrogen-bond donors (Lipinski definition) is 1. The average Bonchev–Trinajstić information content (AvgIpc) is 2.36. The molecule has 108 valence electrons. The van der Waals surface area contributed by atoms with Crippen molar-refractivity contribution in [2.45, 2.75) is 32.0 Å². The van der Waals surface area contributed by atoms with E-state index >= 15 is 0 Å². The molecule has 0 saturated carbocycles. The van der Waals surface area contributed by atoms with Crippen LogP contribution in [0.4, 0.5) is 19.0 Å². The SMILES string of the molecule is Nc1cc2ccccc2c(=O)n1CCCCC(F)(F)F. The first-order valence-electron chi connectivity index (χ1n) is 6.33. The van der Waals surface area contributed by atoms with Gasteiger partial charge in [-0.15, -0.1) is 0 Å². The number of alkyl halides is 3. The molecule has 0 aliphatic rings. The summed E-state index contributed by atoms with van der Waals surface area (Å²) >= 11 is 0. The van der Waals surface area contributed by atoms with Gasteiger partial charge in [0.2, 0.25) is 0 Å². The van der Waals surface area contributed by atoms with Crippen molar-refractivity contribution in [3.8, 4) is 0 Å². The van der Waals surface area contributed by atoms with Crippen molar-refractivity contribution in [2.75, 3.05) is 5.73 Å². The Morgan fingerprint density at radius 3 is 2.55 bits per heavy atom. The maximum atomic E-state index is 12.2. The highest BCUT2D eigenvalue weighted by molar-refractivity contribution is 5.83. The Morgan fingerprint density at radius 2 is 1.85 bits per heavy atom. The minimum Gasteiger partial charge on any atom is -0.385 e. The molecule has 2 N–H and O–H groups in total. The lowest BCUT2D eigenvalue weighted by Crippen LogP contribution is -2.23. The van der Waals surface area contributed by atoms with Gasteiger partial charge in [0.1, 0.15) is 5.82 Å². The van der Waals surface area contributed by atoms with E-state index in [1.54, 1.807) is 30.3 Å². The van der Waals surface area contributed by atoms with Gasteiger partial charge < -0.3 is 5.73 Å². The van der Waals surface area contributed by atoms with Gasteiger partial charge >= 0.3 is 6.18 Å². The summed E-state index contributed by atoms with van der Waals surface area (Å²) in [7, 11) is 0. The lowest BCUT2D eigenvalue weighted by molar-refractivity contribution is -0.135. The van der Waals surface area contributed by atoms with Crippen LogP contribution in [0.5, 0.6) is 0 Å². The van der Waals surface area contributed by atoms with Gasteiger partial charge in [-0.3, -0.25) is 9.36 Å². The molecule has 3 nitrogen and oxygen atoms in total. The van der Waals surface area contributed by atoms with Crippen LogP contribution in [-0.2, 0) is 6.54 Å². The van der Waals surface area contributed by atoms with E-state index in [4.69, 9.17) is 5.73 Å². The van der Waals surface area contributed by atoms with Crippen molar-refractivity contribution >= 4 is 16.6 Å². The third-order valence-electron chi connectivity index (χ3n) is 3.14. The number of nitrogens with two attached hydrogens (primary N) is 1. The molecule has 0 saturated heterocycles. The van der Waals surface area contributed by atoms with E-state index in [1.807, 2.05) is 0 Å². The van der Waals surface area contributed by atoms with Gasteiger partial charge in [0.05, 0.1) is 0 Å². The standard InChI is InChI=1S/C14H15F3N2O/c15-14(16,17)7-3-4-8-19-12(18)9-10-5-1-2-6-11(10)13(19)20/h1-2,5-6,9H,3-4,7-8,18H2. The minimum atomic E-state index is -4.15. The number of nitrogen functional groups attached to an aromatic ring is 1. The molecule has 2 rings (SSSR count). The third kappa shape index (κ3) is 3.31. The van der Waals surface area contributed by atoms with Gasteiger partial charge in [0, 0.05) is 18.4 Å². The zero-order valence-corrected chi connectivity index (χ0v) is 10.8. The summed E-state index contributed by atoms with van der Waals surface area (Å²) in [5, 5.41) is 1.26. The van der Waals surface area contributed by atoms with Crippen molar-refractivity contribution in [1.82, 2.24) is 4.57 Å². The van der Waals surface area contributed by atoms with E-state index in [-0.39, 0.29) is 30.8 Å². The van der Waals surface area contributed by atoms with Gasteiger partial charge in [0.25, 0.3) is 5.56 Å². The molecule has 0 aliphatic heterocycles. The molecule has 20 heavy (non-hydrogen) atoms. The largest absolute Gasteiger partial charge is 0.389 e. The first-order chi connectivity index (χ1) is 9.38. The number of pyridine rings is 1. The van der Waals surface area contributed by atoms with Crippen LogP contribution in [0.25, 0.3) is 10.8 Å². The topological polar surface area (TPSA) is 48.0 Å². The number of nitrogens with zero attached hydrogens (tertiary/aromatic N) is 1. The van der Waals surface area contributed by atoms with Gasteiger partial charge in [-0.05, 0) is 30.4 Å².